The van der Waals surface area contributed by atoms with Crippen LogP contribution in [-0.4, -0.2) is 15.5 Å². The molecule has 0 aliphatic heterocycles. The first kappa shape index (κ1) is 14.3. The molecule has 4 nitrogen and oxygen atoms in total. The van der Waals surface area contributed by atoms with E-state index in [1.807, 2.05) is 42.1 Å². The van der Waals surface area contributed by atoms with E-state index < -0.39 is 0 Å². The van der Waals surface area contributed by atoms with E-state index in [9.17, 15) is 4.79 Å². The Morgan fingerprint density at radius 2 is 2.10 bits per heavy atom. The van der Waals surface area contributed by atoms with Gasteiger partial charge in [-0.3, -0.25) is 9.78 Å². The van der Waals surface area contributed by atoms with Crippen LogP contribution >= 0.6 is 0 Å². The average Bonchev–Trinajstić information content (AvgIpc) is 2.89. The van der Waals surface area contributed by atoms with Gasteiger partial charge < -0.3 is 9.88 Å². The molecular formula is C16H21N3O. The number of nitrogens with one attached hydrogen (secondary N) is 1. The lowest BCUT2D eigenvalue weighted by molar-refractivity contribution is -0.121. The van der Waals surface area contributed by atoms with Crippen LogP contribution in [0.25, 0.3) is 0 Å². The van der Waals surface area contributed by atoms with Crippen LogP contribution in [0, 0.1) is 0 Å². The van der Waals surface area contributed by atoms with Gasteiger partial charge in [-0.25, -0.2) is 0 Å². The zero-order chi connectivity index (χ0) is 14.4. The third-order valence-corrected chi connectivity index (χ3v) is 3.51. The number of amides is 1. The summed E-state index contributed by atoms with van der Waals surface area (Å²) in [6.45, 7) is 2.07. The SMILES string of the molecule is CCC(NC(=O)CCc1cccn1C)c1ccncc1. The summed E-state index contributed by atoms with van der Waals surface area (Å²) < 4.78 is 2.05. The number of carbonyl (C=O) groups is 1. The summed E-state index contributed by atoms with van der Waals surface area (Å²) in [5, 5.41) is 3.09. The van der Waals surface area contributed by atoms with Crippen molar-refractivity contribution in [3.8, 4) is 0 Å². The summed E-state index contributed by atoms with van der Waals surface area (Å²) in [5.74, 6) is 0.0925. The number of aryl methyl sites for hydroxylation is 2. The second kappa shape index (κ2) is 6.89. The topological polar surface area (TPSA) is 46.9 Å². The molecule has 0 radical (unpaired) electrons. The van der Waals surface area contributed by atoms with Crippen LogP contribution in [0.2, 0.25) is 0 Å². The van der Waals surface area contributed by atoms with E-state index in [1.165, 1.54) is 5.69 Å². The van der Waals surface area contributed by atoms with Crippen molar-refractivity contribution < 1.29 is 4.79 Å². The molecule has 0 bridgehead atoms. The number of aromatic nitrogens is 2. The molecule has 1 N–H and O–H groups in total. The van der Waals surface area contributed by atoms with Gasteiger partial charge in [-0.05, 0) is 42.7 Å². The maximum absolute atomic E-state index is 12.1. The van der Waals surface area contributed by atoms with Gasteiger partial charge in [0.25, 0.3) is 0 Å². The van der Waals surface area contributed by atoms with E-state index in [0.717, 1.165) is 18.4 Å². The second-order valence-corrected chi connectivity index (χ2v) is 4.92. The fraction of sp³-hybridized carbons (Fsp3) is 0.375. The van der Waals surface area contributed by atoms with E-state index in [4.69, 9.17) is 0 Å². The number of nitrogens with zero attached hydrogens (tertiary/aromatic N) is 2. The molecule has 2 rings (SSSR count). The standard InChI is InChI=1S/C16H21N3O/c1-3-15(13-8-10-17-11-9-13)18-16(20)7-6-14-5-4-12-19(14)2/h4-5,8-12,15H,3,6-7H2,1-2H3,(H,18,20). The molecule has 0 spiro atoms. The number of hydrogen-bond acceptors (Lipinski definition) is 2. The highest BCUT2D eigenvalue weighted by molar-refractivity contribution is 5.76. The van der Waals surface area contributed by atoms with Gasteiger partial charge in [0.1, 0.15) is 0 Å². The van der Waals surface area contributed by atoms with E-state index in [0.29, 0.717) is 6.42 Å². The zero-order valence-corrected chi connectivity index (χ0v) is 12.0. The van der Waals surface area contributed by atoms with Gasteiger partial charge in [0.05, 0.1) is 6.04 Å². The Morgan fingerprint density at radius 1 is 1.35 bits per heavy atom. The molecule has 2 aromatic heterocycles. The molecular weight excluding hydrogens is 250 g/mol. The summed E-state index contributed by atoms with van der Waals surface area (Å²) >= 11 is 0. The average molecular weight is 271 g/mol. The van der Waals surface area contributed by atoms with Crippen LogP contribution in [0.15, 0.2) is 42.9 Å². The first-order chi connectivity index (χ1) is 9.70. The van der Waals surface area contributed by atoms with Crippen molar-refractivity contribution in [2.45, 2.75) is 32.2 Å². The minimum atomic E-state index is 0.0684. The van der Waals surface area contributed by atoms with Crippen molar-refractivity contribution in [1.82, 2.24) is 14.9 Å². The normalized spacial score (nSPS) is 12.1. The molecule has 1 atom stereocenters. The summed E-state index contributed by atoms with van der Waals surface area (Å²) in [6.07, 6.45) is 7.67. The van der Waals surface area contributed by atoms with Crippen LogP contribution in [0.5, 0.6) is 0 Å². The molecule has 0 aliphatic rings. The largest absolute Gasteiger partial charge is 0.354 e. The van der Waals surface area contributed by atoms with Gasteiger partial charge in [-0.2, -0.15) is 0 Å². The molecule has 20 heavy (non-hydrogen) atoms. The minimum absolute atomic E-state index is 0.0684. The van der Waals surface area contributed by atoms with E-state index in [2.05, 4.69) is 17.2 Å². The second-order valence-electron chi connectivity index (χ2n) is 4.92. The van der Waals surface area contributed by atoms with Gasteiger partial charge in [0, 0.05) is 37.8 Å². The molecule has 2 aromatic rings. The quantitative estimate of drug-likeness (QED) is 0.878. The molecule has 0 saturated carbocycles. The van der Waals surface area contributed by atoms with Crippen LogP contribution in [-0.2, 0) is 18.3 Å². The van der Waals surface area contributed by atoms with Crippen molar-refractivity contribution in [2.24, 2.45) is 7.05 Å². The molecule has 1 unspecified atom stereocenters. The van der Waals surface area contributed by atoms with Gasteiger partial charge in [-0.15, -0.1) is 0 Å². The van der Waals surface area contributed by atoms with Crippen LogP contribution in [0.4, 0.5) is 0 Å². The fourth-order valence-corrected chi connectivity index (χ4v) is 2.28. The van der Waals surface area contributed by atoms with Gasteiger partial charge in [-0.1, -0.05) is 6.92 Å². The van der Waals surface area contributed by atoms with Gasteiger partial charge in [0.2, 0.25) is 5.91 Å². The lowest BCUT2D eigenvalue weighted by Gasteiger charge is -2.17. The van der Waals surface area contributed by atoms with Crippen LogP contribution in [0.1, 0.15) is 37.1 Å². The maximum atomic E-state index is 12.1. The van der Waals surface area contributed by atoms with Crippen molar-refractivity contribution >= 4 is 5.91 Å². The van der Waals surface area contributed by atoms with Crippen molar-refractivity contribution in [1.29, 1.82) is 0 Å². The van der Waals surface area contributed by atoms with E-state index in [-0.39, 0.29) is 11.9 Å². The van der Waals surface area contributed by atoms with Crippen molar-refractivity contribution in [3.63, 3.8) is 0 Å². The third-order valence-electron chi connectivity index (χ3n) is 3.51. The smallest absolute Gasteiger partial charge is 0.220 e. The molecule has 106 valence electrons. The summed E-state index contributed by atoms with van der Waals surface area (Å²) in [4.78, 5) is 16.1. The highest BCUT2D eigenvalue weighted by Gasteiger charge is 2.12. The zero-order valence-electron chi connectivity index (χ0n) is 12.0. The Hall–Kier alpha value is -2.10. The lowest BCUT2D eigenvalue weighted by atomic mass is 10.1. The Morgan fingerprint density at radius 3 is 2.70 bits per heavy atom. The Bertz CT molecular complexity index is 548. The van der Waals surface area contributed by atoms with Gasteiger partial charge in [0.15, 0.2) is 0 Å². The van der Waals surface area contributed by atoms with Crippen LogP contribution < -0.4 is 5.32 Å². The number of carbonyl (C=O) groups excluding carboxylic acids is 1. The Kier molecular flexibility index (Phi) is 4.93. The predicted molar refractivity (Wildman–Crippen MR) is 79.1 cm³/mol. The molecule has 4 heteroatoms. The number of pyridine rings is 1. The third kappa shape index (κ3) is 3.70. The number of hydrogen-bond donors (Lipinski definition) is 1. The molecule has 2 heterocycles. The molecule has 0 aromatic carbocycles. The molecule has 0 aliphatic carbocycles. The first-order valence-electron chi connectivity index (χ1n) is 7.00. The summed E-state index contributed by atoms with van der Waals surface area (Å²) in [6, 6.07) is 8.02. The fourth-order valence-electron chi connectivity index (χ4n) is 2.28. The lowest BCUT2D eigenvalue weighted by Crippen LogP contribution is -2.28. The molecule has 1 amide bonds. The van der Waals surface area contributed by atoms with Crippen LogP contribution in [0.3, 0.4) is 0 Å². The number of rotatable bonds is 6. The van der Waals surface area contributed by atoms with Gasteiger partial charge >= 0.3 is 0 Å². The summed E-state index contributed by atoms with van der Waals surface area (Å²) in [5.41, 5.74) is 2.28. The highest BCUT2D eigenvalue weighted by Crippen LogP contribution is 2.15. The predicted octanol–water partition coefficient (Wildman–Crippen LogP) is 2.62. The van der Waals surface area contributed by atoms with E-state index in [1.54, 1.807) is 12.4 Å². The maximum Gasteiger partial charge on any atom is 0.220 e. The highest BCUT2D eigenvalue weighted by atomic mass is 16.1. The first-order valence-corrected chi connectivity index (χ1v) is 7.00. The minimum Gasteiger partial charge on any atom is -0.354 e. The van der Waals surface area contributed by atoms with Crippen molar-refractivity contribution in [2.75, 3.05) is 0 Å². The molecule has 0 fully saturated rings. The van der Waals surface area contributed by atoms with Crippen molar-refractivity contribution in [3.05, 3.63) is 54.1 Å². The Balaban J connectivity index is 1.88. The monoisotopic (exact) mass is 271 g/mol. The van der Waals surface area contributed by atoms with E-state index >= 15 is 0 Å². The Labute approximate surface area is 119 Å². The summed E-state index contributed by atoms with van der Waals surface area (Å²) in [7, 11) is 2.00. The molecule has 0 saturated heterocycles.